The van der Waals surface area contributed by atoms with E-state index >= 15 is 0 Å². The van der Waals surface area contributed by atoms with E-state index in [9.17, 15) is 5.26 Å². The SMILES string of the molecule is N#C/N=C1/c2cc(Br)ccc2CC12CCc1ccccc1CC2. The van der Waals surface area contributed by atoms with Crippen LogP contribution in [0.2, 0.25) is 0 Å². The molecule has 0 N–H and O–H groups in total. The molecule has 0 amide bonds. The Morgan fingerprint density at radius 2 is 1.70 bits per heavy atom. The smallest absolute Gasteiger partial charge is 0.177 e. The third-order valence-corrected chi connectivity index (χ3v) is 5.88. The molecule has 3 heteroatoms. The lowest BCUT2D eigenvalue weighted by Crippen LogP contribution is -2.29. The topological polar surface area (TPSA) is 36.1 Å². The van der Waals surface area contributed by atoms with E-state index in [-0.39, 0.29) is 5.41 Å². The molecule has 0 saturated carbocycles. The fraction of sp³-hybridized carbons (Fsp3) is 0.300. The van der Waals surface area contributed by atoms with Crippen LogP contribution in [0, 0.1) is 16.9 Å². The van der Waals surface area contributed by atoms with Crippen LogP contribution in [0.4, 0.5) is 0 Å². The monoisotopic (exact) mass is 364 g/mol. The maximum atomic E-state index is 9.23. The Kier molecular flexibility index (Phi) is 3.58. The van der Waals surface area contributed by atoms with E-state index in [0.717, 1.165) is 47.9 Å². The van der Waals surface area contributed by atoms with E-state index in [1.54, 1.807) is 0 Å². The number of halogens is 1. The summed E-state index contributed by atoms with van der Waals surface area (Å²) in [5.41, 5.74) is 6.41. The average molecular weight is 365 g/mol. The molecule has 0 saturated heterocycles. The molecule has 4 rings (SSSR count). The van der Waals surface area contributed by atoms with Crippen LogP contribution in [0.1, 0.15) is 35.1 Å². The number of hydrogen-bond acceptors (Lipinski definition) is 2. The van der Waals surface area contributed by atoms with Gasteiger partial charge in [0, 0.05) is 15.5 Å². The van der Waals surface area contributed by atoms with Crippen LogP contribution < -0.4 is 0 Å². The normalized spacial score (nSPS) is 19.9. The Morgan fingerprint density at radius 1 is 1.00 bits per heavy atom. The standard InChI is InChI=1S/C20H17BrN2/c21-17-6-5-16-12-20(19(23-13-22)18(16)11-17)9-7-14-3-1-2-4-15(14)8-10-20/h1-6,11H,7-10,12H2/b23-19-. The van der Waals surface area contributed by atoms with Crippen LogP contribution in [0.15, 0.2) is 51.9 Å². The number of aliphatic imine (C=N–C) groups is 1. The fourth-order valence-electron chi connectivity index (χ4n) is 4.22. The zero-order chi connectivity index (χ0) is 15.9. The van der Waals surface area contributed by atoms with Gasteiger partial charge in [-0.3, -0.25) is 0 Å². The number of hydrogen-bond donors (Lipinski definition) is 0. The minimum Gasteiger partial charge on any atom is -0.177 e. The highest BCUT2D eigenvalue weighted by Crippen LogP contribution is 2.46. The molecule has 114 valence electrons. The van der Waals surface area contributed by atoms with Crippen molar-refractivity contribution >= 4 is 21.6 Å². The highest BCUT2D eigenvalue weighted by molar-refractivity contribution is 9.10. The van der Waals surface area contributed by atoms with Crippen LogP contribution >= 0.6 is 15.9 Å². The van der Waals surface area contributed by atoms with Crippen molar-refractivity contribution in [1.29, 1.82) is 5.26 Å². The number of aryl methyl sites for hydroxylation is 2. The number of fused-ring (bicyclic) bond motifs is 2. The number of nitrogens with zero attached hydrogens (tertiary/aromatic N) is 2. The molecule has 23 heavy (non-hydrogen) atoms. The van der Waals surface area contributed by atoms with Gasteiger partial charge in [-0.15, -0.1) is 0 Å². The fourth-order valence-corrected chi connectivity index (χ4v) is 4.58. The summed E-state index contributed by atoms with van der Waals surface area (Å²) in [6.45, 7) is 0. The average Bonchev–Trinajstić information content (AvgIpc) is 2.73. The Hall–Kier alpha value is -1.92. The second kappa shape index (κ2) is 5.62. The van der Waals surface area contributed by atoms with Crippen LogP contribution in [-0.2, 0) is 19.3 Å². The quantitative estimate of drug-likeness (QED) is 0.616. The molecule has 0 bridgehead atoms. The van der Waals surface area contributed by atoms with Gasteiger partial charge >= 0.3 is 0 Å². The Bertz CT molecular complexity index is 818. The Morgan fingerprint density at radius 3 is 2.35 bits per heavy atom. The second-order valence-electron chi connectivity index (χ2n) is 6.59. The van der Waals surface area contributed by atoms with E-state index in [2.05, 4.69) is 69.6 Å². The molecule has 2 aromatic rings. The van der Waals surface area contributed by atoms with Crippen molar-refractivity contribution in [2.45, 2.75) is 32.1 Å². The molecule has 0 unspecified atom stereocenters. The van der Waals surface area contributed by atoms with E-state index in [1.165, 1.54) is 16.7 Å². The van der Waals surface area contributed by atoms with Gasteiger partial charge in [-0.1, -0.05) is 46.3 Å². The van der Waals surface area contributed by atoms with Gasteiger partial charge in [0.15, 0.2) is 0 Å². The molecular formula is C20H17BrN2. The number of rotatable bonds is 0. The van der Waals surface area contributed by atoms with E-state index in [4.69, 9.17) is 0 Å². The third-order valence-electron chi connectivity index (χ3n) is 5.38. The summed E-state index contributed by atoms with van der Waals surface area (Å²) < 4.78 is 1.05. The molecular weight excluding hydrogens is 348 g/mol. The Balaban J connectivity index is 1.78. The first kappa shape index (κ1) is 14.7. The Labute approximate surface area is 145 Å². The zero-order valence-electron chi connectivity index (χ0n) is 12.8. The minimum absolute atomic E-state index is 0.0118. The van der Waals surface area contributed by atoms with E-state index < -0.39 is 0 Å². The third kappa shape index (κ3) is 2.42. The van der Waals surface area contributed by atoms with Crippen LogP contribution in [-0.4, -0.2) is 5.71 Å². The van der Waals surface area contributed by atoms with Gasteiger partial charge in [-0.05, 0) is 60.9 Å². The highest BCUT2D eigenvalue weighted by Gasteiger charge is 2.44. The molecule has 2 aliphatic rings. The van der Waals surface area contributed by atoms with E-state index in [1.807, 2.05) is 0 Å². The number of nitriles is 1. The van der Waals surface area contributed by atoms with Crippen LogP contribution in [0.25, 0.3) is 0 Å². The number of benzene rings is 2. The molecule has 0 aliphatic heterocycles. The maximum absolute atomic E-state index is 9.23. The molecule has 2 nitrogen and oxygen atoms in total. The summed E-state index contributed by atoms with van der Waals surface area (Å²) in [6, 6.07) is 15.1. The predicted molar refractivity (Wildman–Crippen MR) is 95.5 cm³/mol. The highest BCUT2D eigenvalue weighted by atomic mass is 79.9. The van der Waals surface area contributed by atoms with Crippen molar-refractivity contribution in [3.63, 3.8) is 0 Å². The van der Waals surface area contributed by atoms with E-state index in [0.29, 0.717) is 0 Å². The largest absolute Gasteiger partial charge is 0.205 e. The van der Waals surface area contributed by atoms with Gasteiger partial charge in [0.25, 0.3) is 0 Å². The van der Waals surface area contributed by atoms with Crippen molar-refractivity contribution in [2.75, 3.05) is 0 Å². The second-order valence-corrected chi connectivity index (χ2v) is 7.50. The van der Waals surface area contributed by atoms with Crippen molar-refractivity contribution in [2.24, 2.45) is 10.4 Å². The summed E-state index contributed by atoms with van der Waals surface area (Å²) in [5.74, 6) is 0. The molecule has 0 heterocycles. The molecule has 0 radical (unpaired) electrons. The lowest BCUT2D eigenvalue weighted by atomic mass is 9.76. The first-order valence-corrected chi connectivity index (χ1v) is 8.84. The van der Waals surface area contributed by atoms with Gasteiger partial charge in [0.05, 0.1) is 5.71 Å². The van der Waals surface area contributed by atoms with Crippen molar-refractivity contribution < 1.29 is 0 Å². The predicted octanol–water partition coefficient (Wildman–Crippen LogP) is 4.84. The van der Waals surface area contributed by atoms with Gasteiger partial charge in [-0.2, -0.15) is 10.3 Å². The molecule has 2 aromatic carbocycles. The molecule has 0 fully saturated rings. The van der Waals surface area contributed by atoms with Gasteiger partial charge in [0.1, 0.15) is 0 Å². The van der Waals surface area contributed by atoms with Crippen molar-refractivity contribution in [1.82, 2.24) is 0 Å². The lowest BCUT2D eigenvalue weighted by molar-refractivity contribution is 0.376. The van der Waals surface area contributed by atoms with Gasteiger partial charge < -0.3 is 0 Å². The summed E-state index contributed by atoms with van der Waals surface area (Å²) in [6.07, 6.45) is 7.32. The summed E-state index contributed by atoms with van der Waals surface area (Å²) in [7, 11) is 0. The zero-order valence-corrected chi connectivity index (χ0v) is 14.4. The molecule has 0 atom stereocenters. The van der Waals surface area contributed by atoms with Crippen molar-refractivity contribution in [3.05, 3.63) is 69.2 Å². The van der Waals surface area contributed by atoms with Gasteiger partial charge in [-0.25, -0.2) is 0 Å². The van der Waals surface area contributed by atoms with Crippen molar-refractivity contribution in [3.8, 4) is 6.19 Å². The first-order chi connectivity index (χ1) is 11.2. The molecule has 1 spiro atoms. The van der Waals surface area contributed by atoms with Gasteiger partial charge in [0.2, 0.25) is 6.19 Å². The summed E-state index contributed by atoms with van der Waals surface area (Å²) in [4.78, 5) is 4.29. The summed E-state index contributed by atoms with van der Waals surface area (Å²) in [5, 5.41) is 9.23. The lowest BCUT2D eigenvalue weighted by Gasteiger charge is -2.28. The molecule has 0 aromatic heterocycles. The first-order valence-electron chi connectivity index (χ1n) is 8.05. The summed E-state index contributed by atoms with van der Waals surface area (Å²) >= 11 is 3.56. The minimum atomic E-state index is 0.0118. The maximum Gasteiger partial charge on any atom is 0.205 e. The van der Waals surface area contributed by atoms with Crippen LogP contribution in [0.5, 0.6) is 0 Å². The molecule has 2 aliphatic carbocycles. The van der Waals surface area contributed by atoms with Crippen LogP contribution in [0.3, 0.4) is 0 Å².